The number of rotatable bonds is 6. The molecule has 0 atom stereocenters. The second kappa shape index (κ2) is 8.56. The quantitative estimate of drug-likeness (QED) is 0.524. The number of halogens is 2. The third kappa shape index (κ3) is 4.09. The summed E-state index contributed by atoms with van der Waals surface area (Å²) in [6.07, 6.45) is 1.62. The molecule has 1 aliphatic heterocycles. The Labute approximate surface area is 172 Å². The molecule has 0 aromatic heterocycles. The topological polar surface area (TPSA) is 52.7 Å². The summed E-state index contributed by atoms with van der Waals surface area (Å²) in [5.41, 5.74) is 2.30. The molecule has 1 heterocycles. The largest absolute Gasteiger partial charge is 0.371 e. The number of amides is 3. The molecule has 2 aromatic carbocycles. The minimum atomic E-state index is -0.557. The van der Waals surface area contributed by atoms with Crippen molar-refractivity contribution < 1.29 is 14.0 Å². The second-order valence-corrected chi connectivity index (χ2v) is 7.21. The van der Waals surface area contributed by atoms with Gasteiger partial charge in [-0.2, -0.15) is 0 Å². The molecule has 0 unspecified atom stereocenters. The Kier molecular flexibility index (Phi) is 6.14. The van der Waals surface area contributed by atoms with Crippen LogP contribution in [0.4, 0.5) is 14.9 Å². The molecular formula is C21H21BrFN3O2. The molecule has 3 amide bonds. The van der Waals surface area contributed by atoms with Gasteiger partial charge in [0.05, 0.1) is 12.2 Å². The fourth-order valence-corrected chi connectivity index (χ4v) is 3.76. The van der Waals surface area contributed by atoms with Crippen LogP contribution in [0.2, 0.25) is 0 Å². The summed E-state index contributed by atoms with van der Waals surface area (Å²) in [5.74, 6) is -0.923. The lowest BCUT2D eigenvalue weighted by Gasteiger charge is -2.22. The molecule has 3 rings (SSSR count). The number of urea groups is 1. The molecule has 0 saturated carbocycles. The summed E-state index contributed by atoms with van der Waals surface area (Å²) in [5, 5.41) is 2.57. The number of hydrogen-bond acceptors (Lipinski definition) is 3. The van der Waals surface area contributed by atoms with Crippen molar-refractivity contribution in [1.82, 2.24) is 10.2 Å². The van der Waals surface area contributed by atoms with Gasteiger partial charge < -0.3 is 10.2 Å². The van der Waals surface area contributed by atoms with Gasteiger partial charge in [0, 0.05) is 23.1 Å². The van der Waals surface area contributed by atoms with Gasteiger partial charge in [0.25, 0.3) is 5.91 Å². The zero-order valence-electron chi connectivity index (χ0n) is 15.7. The molecule has 1 fully saturated rings. The average molecular weight is 446 g/mol. The third-order valence-electron chi connectivity index (χ3n) is 4.64. The van der Waals surface area contributed by atoms with Crippen molar-refractivity contribution in [3.8, 4) is 0 Å². The SMILES string of the molecule is CCN(CC)c1ccc(/C=C2/NC(=O)N(Cc3ccccc3F)C2=O)cc1Br. The maximum atomic E-state index is 13.9. The predicted octanol–water partition coefficient (Wildman–Crippen LogP) is 4.53. The van der Waals surface area contributed by atoms with E-state index in [-0.39, 0.29) is 12.2 Å². The molecule has 0 aliphatic carbocycles. The van der Waals surface area contributed by atoms with Gasteiger partial charge in [0.2, 0.25) is 0 Å². The number of carbonyl (C=O) groups excluding carboxylic acids is 2. The fourth-order valence-electron chi connectivity index (χ4n) is 3.11. The number of hydrogen-bond donors (Lipinski definition) is 1. The molecule has 1 N–H and O–H groups in total. The maximum Gasteiger partial charge on any atom is 0.329 e. The van der Waals surface area contributed by atoms with E-state index in [1.54, 1.807) is 24.3 Å². The Hall–Kier alpha value is -2.67. The Morgan fingerprint density at radius 3 is 2.50 bits per heavy atom. The Bertz CT molecular complexity index is 941. The zero-order valence-corrected chi connectivity index (χ0v) is 17.3. The molecular weight excluding hydrogens is 425 g/mol. The first-order chi connectivity index (χ1) is 13.4. The van der Waals surface area contributed by atoms with Crippen molar-refractivity contribution in [3.05, 3.63) is 69.6 Å². The summed E-state index contributed by atoms with van der Waals surface area (Å²) >= 11 is 3.57. The van der Waals surface area contributed by atoms with Crippen LogP contribution >= 0.6 is 15.9 Å². The van der Waals surface area contributed by atoms with E-state index >= 15 is 0 Å². The number of carbonyl (C=O) groups is 2. The molecule has 7 heteroatoms. The predicted molar refractivity (Wildman–Crippen MR) is 111 cm³/mol. The van der Waals surface area contributed by atoms with Gasteiger partial charge in [-0.15, -0.1) is 0 Å². The fraction of sp³-hybridized carbons (Fsp3) is 0.238. The van der Waals surface area contributed by atoms with E-state index in [0.29, 0.717) is 5.56 Å². The molecule has 1 aliphatic rings. The van der Waals surface area contributed by atoms with Crippen LogP contribution in [0, 0.1) is 5.82 Å². The van der Waals surface area contributed by atoms with Crippen molar-refractivity contribution in [2.45, 2.75) is 20.4 Å². The lowest BCUT2D eigenvalue weighted by molar-refractivity contribution is -0.123. The molecule has 0 bridgehead atoms. The lowest BCUT2D eigenvalue weighted by Crippen LogP contribution is -2.30. The highest BCUT2D eigenvalue weighted by atomic mass is 79.9. The Morgan fingerprint density at radius 2 is 1.86 bits per heavy atom. The van der Waals surface area contributed by atoms with Gasteiger partial charge in [0.1, 0.15) is 11.5 Å². The van der Waals surface area contributed by atoms with E-state index < -0.39 is 17.8 Å². The summed E-state index contributed by atoms with van der Waals surface area (Å²) in [6.45, 7) is 5.83. The van der Waals surface area contributed by atoms with Crippen molar-refractivity contribution in [2.24, 2.45) is 0 Å². The Morgan fingerprint density at radius 1 is 1.14 bits per heavy atom. The first-order valence-electron chi connectivity index (χ1n) is 9.07. The molecule has 0 radical (unpaired) electrons. The van der Waals surface area contributed by atoms with Crippen LogP contribution in [0.25, 0.3) is 6.08 Å². The number of benzene rings is 2. The van der Waals surface area contributed by atoms with Crippen LogP contribution < -0.4 is 10.2 Å². The van der Waals surface area contributed by atoms with Crippen LogP contribution in [-0.4, -0.2) is 29.9 Å². The van der Waals surface area contributed by atoms with E-state index in [1.807, 2.05) is 18.2 Å². The number of nitrogens with zero attached hydrogens (tertiary/aromatic N) is 2. The highest BCUT2D eigenvalue weighted by Gasteiger charge is 2.34. The minimum Gasteiger partial charge on any atom is -0.371 e. The van der Waals surface area contributed by atoms with Crippen LogP contribution in [0.15, 0.2) is 52.6 Å². The standard InChI is InChI=1S/C21H21BrFN3O2/c1-3-25(4-2)19-10-9-14(11-16(19)22)12-18-20(27)26(21(28)24-18)13-15-7-5-6-8-17(15)23/h5-12H,3-4,13H2,1-2H3,(H,24,28)/b18-12+. The molecule has 1 saturated heterocycles. The van der Waals surface area contributed by atoms with E-state index in [1.165, 1.54) is 6.07 Å². The monoisotopic (exact) mass is 445 g/mol. The highest BCUT2D eigenvalue weighted by molar-refractivity contribution is 9.10. The highest BCUT2D eigenvalue weighted by Crippen LogP contribution is 2.28. The van der Waals surface area contributed by atoms with E-state index in [0.717, 1.165) is 33.7 Å². The van der Waals surface area contributed by atoms with Gasteiger partial charge in [0.15, 0.2) is 0 Å². The first-order valence-corrected chi connectivity index (χ1v) is 9.86. The summed E-state index contributed by atoms with van der Waals surface area (Å²) < 4.78 is 14.8. The van der Waals surface area contributed by atoms with Crippen molar-refractivity contribution in [2.75, 3.05) is 18.0 Å². The lowest BCUT2D eigenvalue weighted by atomic mass is 10.1. The van der Waals surface area contributed by atoms with Gasteiger partial charge in [-0.05, 0) is 59.6 Å². The number of nitrogens with one attached hydrogen (secondary N) is 1. The first kappa shape index (κ1) is 20.1. The average Bonchev–Trinajstić information content (AvgIpc) is 2.93. The maximum absolute atomic E-state index is 13.9. The molecule has 5 nitrogen and oxygen atoms in total. The van der Waals surface area contributed by atoms with Gasteiger partial charge in [-0.3, -0.25) is 9.69 Å². The number of imide groups is 1. The van der Waals surface area contributed by atoms with Crippen molar-refractivity contribution >= 4 is 39.6 Å². The van der Waals surface area contributed by atoms with E-state index in [9.17, 15) is 14.0 Å². The molecule has 28 heavy (non-hydrogen) atoms. The van der Waals surface area contributed by atoms with Gasteiger partial charge >= 0.3 is 6.03 Å². The minimum absolute atomic E-state index is 0.112. The second-order valence-electron chi connectivity index (χ2n) is 6.35. The normalized spacial score (nSPS) is 15.3. The van der Waals surface area contributed by atoms with E-state index in [4.69, 9.17) is 0 Å². The third-order valence-corrected chi connectivity index (χ3v) is 5.27. The smallest absolute Gasteiger partial charge is 0.329 e. The zero-order chi connectivity index (χ0) is 20.3. The van der Waals surface area contributed by atoms with Crippen LogP contribution in [0.1, 0.15) is 25.0 Å². The number of anilines is 1. The van der Waals surface area contributed by atoms with E-state index in [2.05, 4.69) is 40.0 Å². The van der Waals surface area contributed by atoms with Crippen LogP contribution in [0.3, 0.4) is 0 Å². The Balaban J connectivity index is 1.82. The van der Waals surface area contributed by atoms with Crippen molar-refractivity contribution in [3.63, 3.8) is 0 Å². The summed E-state index contributed by atoms with van der Waals surface area (Å²) in [4.78, 5) is 28.0. The summed E-state index contributed by atoms with van der Waals surface area (Å²) in [7, 11) is 0. The van der Waals surface area contributed by atoms with Gasteiger partial charge in [-0.1, -0.05) is 24.3 Å². The van der Waals surface area contributed by atoms with Crippen molar-refractivity contribution in [1.29, 1.82) is 0 Å². The molecule has 146 valence electrons. The molecule has 2 aromatic rings. The van der Waals surface area contributed by atoms with Crippen LogP contribution in [-0.2, 0) is 11.3 Å². The van der Waals surface area contributed by atoms with Gasteiger partial charge in [-0.25, -0.2) is 9.18 Å². The molecule has 0 spiro atoms. The van der Waals surface area contributed by atoms with Crippen LogP contribution in [0.5, 0.6) is 0 Å². The summed E-state index contributed by atoms with van der Waals surface area (Å²) in [6, 6.07) is 11.3.